The summed E-state index contributed by atoms with van der Waals surface area (Å²) in [6.45, 7) is 4.36. The van der Waals surface area contributed by atoms with Gasteiger partial charge in [-0.3, -0.25) is 0 Å². The predicted molar refractivity (Wildman–Crippen MR) is 83.5 cm³/mol. The van der Waals surface area contributed by atoms with Crippen molar-refractivity contribution in [1.82, 2.24) is 13.8 Å². The van der Waals surface area contributed by atoms with Crippen molar-refractivity contribution in [2.45, 2.75) is 43.8 Å². The van der Waals surface area contributed by atoms with E-state index in [1.807, 2.05) is 18.7 Å². The maximum absolute atomic E-state index is 12.7. The third-order valence-electron chi connectivity index (χ3n) is 4.13. The largest absolute Gasteiger partial charge is 0.349 e. The van der Waals surface area contributed by atoms with Gasteiger partial charge in [0, 0.05) is 44.1 Å². The Labute approximate surface area is 127 Å². The third-order valence-corrected chi connectivity index (χ3v) is 5.96. The van der Waals surface area contributed by atoms with Crippen molar-refractivity contribution in [3.8, 4) is 0 Å². The van der Waals surface area contributed by atoms with Crippen molar-refractivity contribution in [3.63, 3.8) is 0 Å². The molecule has 0 amide bonds. The fourth-order valence-corrected chi connectivity index (χ4v) is 4.34. The molecule has 1 fully saturated rings. The minimum Gasteiger partial charge on any atom is -0.349 e. The number of aromatic nitrogens is 1. The summed E-state index contributed by atoms with van der Waals surface area (Å²) in [4.78, 5) is 2.46. The van der Waals surface area contributed by atoms with Gasteiger partial charge in [0.1, 0.15) is 4.90 Å². The zero-order chi connectivity index (χ0) is 15.6. The molecule has 0 aliphatic carbocycles. The lowest BCUT2D eigenvalue weighted by molar-refractivity contribution is 0.302. The Bertz CT molecular complexity index is 580. The average Bonchev–Trinajstić information content (AvgIpc) is 3.06. The molecule has 6 nitrogen and oxygen atoms in total. The molecule has 0 radical (unpaired) electrons. The van der Waals surface area contributed by atoms with E-state index in [4.69, 9.17) is 5.73 Å². The first-order valence-electron chi connectivity index (χ1n) is 7.45. The van der Waals surface area contributed by atoms with Crippen LogP contribution in [0.1, 0.15) is 25.5 Å². The molecular weight excluding hydrogens is 288 g/mol. The van der Waals surface area contributed by atoms with Crippen LogP contribution in [0.25, 0.3) is 0 Å². The summed E-state index contributed by atoms with van der Waals surface area (Å²) in [5, 5.41) is 0. The number of hydrogen-bond acceptors (Lipinski definition) is 4. The fourth-order valence-electron chi connectivity index (χ4n) is 2.79. The predicted octanol–water partition coefficient (Wildman–Crippen LogP) is 0.681. The summed E-state index contributed by atoms with van der Waals surface area (Å²) in [6, 6.07) is 2.01. The van der Waals surface area contributed by atoms with Crippen LogP contribution in [0.4, 0.5) is 0 Å². The van der Waals surface area contributed by atoms with E-state index in [9.17, 15) is 8.42 Å². The van der Waals surface area contributed by atoms with Gasteiger partial charge in [-0.1, -0.05) is 6.92 Å². The van der Waals surface area contributed by atoms with Crippen molar-refractivity contribution in [1.29, 1.82) is 0 Å². The van der Waals surface area contributed by atoms with Crippen LogP contribution < -0.4 is 5.73 Å². The highest BCUT2D eigenvalue weighted by Gasteiger charge is 2.34. The van der Waals surface area contributed by atoms with Crippen molar-refractivity contribution < 1.29 is 8.42 Å². The highest BCUT2D eigenvalue weighted by atomic mass is 32.2. The van der Waals surface area contributed by atoms with E-state index < -0.39 is 10.0 Å². The van der Waals surface area contributed by atoms with Crippen LogP contribution in [0.3, 0.4) is 0 Å². The SMILES string of the molecule is CCCn1cc(S(=O)(=O)N2CCC(N(C)C)C2)cc1CN. The van der Waals surface area contributed by atoms with Crippen molar-refractivity contribution in [2.24, 2.45) is 5.73 Å². The highest BCUT2D eigenvalue weighted by Crippen LogP contribution is 2.24. The van der Waals surface area contributed by atoms with Gasteiger partial charge in [0.15, 0.2) is 0 Å². The molecule has 2 heterocycles. The molecule has 2 N–H and O–H groups in total. The van der Waals surface area contributed by atoms with Crippen molar-refractivity contribution >= 4 is 10.0 Å². The fraction of sp³-hybridized carbons (Fsp3) is 0.714. The molecule has 0 aromatic carbocycles. The second kappa shape index (κ2) is 6.48. The minimum absolute atomic E-state index is 0.298. The van der Waals surface area contributed by atoms with Crippen LogP contribution in [0, 0.1) is 0 Å². The van der Waals surface area contributed by atoms with E-state index in [1.54, 1.807) is 16.6 Å². The molecule has 1 aromatic rings. The molecule has 1 aliphatic heterocycles. The summed E-state index contributed by atoms with van der Waals surface area (Å²) >= 11 is 0. The normalized spacial score (nSPS) is 20.5. The number of nitrogens with zero attached hydrogens (tertiary/aromatic N) is 3. The van der Waals surface area contributed by atoms with Crippen LogP contribution in [0.2, 0.25) is 0 Å². The molecular formula is C14H26N4O2S. The number of likely N-dealkylation sites (N-methyl/N-ethyl adjacent to an activating group) is 1. The maximum atomic E-state index is 12.7. The molecule has 2 rings (SSSR count). The molecule has 0 bridgehead atoms. The summed E-state index contributed by atoms with van der Waals surface area (Å²) < 4.78 is 29.0. The first-order chi connectivity index (χ1) is 9.90. The summed E-state index contributed by atoms with van der Waals surface area (Å²) in [5.41, 5.74) is 6.59. The van der Waals surface area contributed by atoms with E-state index in [1.165, 1.54) is 0 Å². The zero-order valence-corrected chi connectivity index (χ0v) is 13.9. The second-order valence-corrected chi connectivity index (χ2v) is 7.77. The molecule has 0 saturated carbocycles. The first-order valence-corrected chi connectivity index (χ1v) is 8.89. The minimum atomic E-state index is -3.40. The number of sulfonamides is 1. The van der Waals surface area contributed by atoms with Gasteiger partial charge in [-0.05, 0) is 33.0 Å². The van der Waals surface area contributed by atoms with Crippen LogP contribution >= 0.6 is 0 Å². The van der Waals surface area contributed by atoms with Gasteiger partial charge >= 0.3 is 0 Å². The molecule has 1 atom stereocenters. The number of nitrogens with two attached hydrogens (primary N) is 1. The Kier molecular flexibility index (Phi) is 5.08. The number of rotatable bonds is 6. The lowest BCUT2D eigenvalue weighted by Crippen LogP contribution is -2.34. The number of aryl methyl sites for hydroxylation is 1. The Morgan fingerprint density at radius 3 is 2.67 bits per heavy atom. The molecule has 21 heavy (non-hydrogen) atoms. The first kappa shape index (κ1) is 16.5. The van der Waals surface area contributed by atoms with Gasteiger partial charge in [-0.2, -0.15) is 4.31 Å². The van der Waals surface area contributed by atoms with E-state index in [2.05, 4.69) is 11.8 Å². The van der Waals surface area contributed by atoms with Gasteiger partial charge in [-0.15, -0.1) is 0 Å². The van der Waals surface area contributed by atoms with Gasteiger partial charge in [-0.25, -0.2) is 8.42 Å². The Hall–Kier alpha value is -0.890. The second-order valence-electron chi connectivity index (χ2n) is 5.83. The lowest BCUT2D eigenvalue weighted by atomic mass is 10.2. The highest BCUT2D eigenvalue weighted by molar-refractivity contribution is 7.89. The quantitative estimate of drug-likeness (QED) is 0.838. The van der Waals surface area contributed by atoms with Crippen LogP contribution in [-0.4, -0.2) is 55.4 Å². The van der Waals surface area contributed by atoms with Gasteiger partial charge in [0.2, 0.25) is 10.0 Å². The molecule has 7 heteroatoms. The van der Waals surface area contributed by atoms with Crippen LogP contribution in [0.15, 0.2) is 17.2 Å². The molecule has 1 aliphatic rings. The van der Waals surface area contributed by atoms with Crippen molar-refractivity contribution in [3.05, 3.63) is 18.0 Å². The van der Waals surface area contributed by atoms with E-state index in [0.717, 1.165) is 25.1 Å². The third kappa shape index (κ3) is 3.31. The molecule has 120 valence electrons. The van der Waals surface area contributed by atoms with Crippen LogP contribution in [0.5, 0.6) is 0 Å². The Morgan fingerprint density at radius 1 is 1.43 bits per heavy atom. The maximum Gasteiger partial charge on any atom is 0.244 e. The van der Waals surface area contributed by atoms with E-state index >= 15 is 0 Å². The van der Waals surface area contributed by atoms with E-state index in [0.29, 0.717) is 30.6 Å². The van der Waals surface area contributed by atoms with Gasteiger partial charge in [0.25, 0.3) is 0 Å². The standard InChI is InChI=1S/C14H26N4O2S/c1-4-6-17-11-14(8-13(17)9-15)21(19,20)18-7-5-12(10-18)16(2)3/h8,11-12H,4-7,9-10,15H2,1-3H3. The van der Waals surface area contributed by atoms with Gasteiger partial charge in [0.05, 0.1) is 0 Å². The molecule has 1 saturated heterocycles. The number of hydrogen-bond donors (Lipinski definition) is 1. The Morgan fingerprint density at radius 2 is 2.14 bits per heavy atom. The lowest BCUT2D eigenvalue weighted by Gasteiger charge is -2.19. The topological polar surface area (TPSA) is 71.6 Å². The molecule has 0 spiro atoms. The van der Waals surface area contributed by atoms with Gasteiger partial charge < -0.3 is 15.2 Å². The average molecular weight is 314 g/mol. The van der Waals surface area contributed by atoms with Crippen molar-refractivity contribution in [2.75, 3.05) is 27.2 Å². The molecule has 1 aromatic heterocycles. The van der Waals surface area contributed by atoms with E-state index in [-0.39, 0.29) is 0 Å². The zero-order valence-electron chi connectivity index (χ0n) is 13.1. The summed E-state index contributed by atoms with van der Waals surface area (Å²) in [7, 11) is 0.577. The monoisotopic (exact) mass is 314 g/mol. The summed E-state index contributed by atoms with van der Waals surface area (Å²) in [5.74, 6) is 0. The van der Waals surface area contributed by atoms with Crippen LogP contribution in [-0.2, 0) is 23.1 Å². The Balaban J connectivity index is 2.24. The smallest absolute Gasteiger partial charge is 0.244 e. The summed E-state index contributed by atoms with van der Waals surface area (Å²) in [6.07, 6.45) is 3.56. The molecule has 1 unspecified atom stereocenters.